The lowest BCUT2D eigenvalue weighted by Gasteiger charge is -2.44. The molecule has 2 aliphatic heterocycles. The van der Waals surface area contributed by atoms with E-state index in [1.165, 1.54) is 0 Å². The molecule has 5 rings (SSSR count). The van der Waals surface area contributed by atoms with Crippen molar-refractivity contribution >= 4 is 28.7 Å². The highest BCUT2D eigenvalue weighted by atomic mass is 16.6. The Labute approximate surface area is 206 Å². The van der Waals surface area contributed by atoms with Crippen LogP contribution in [0.5, 0.6) is 0 Å². The minimum Gasteiger partial charge on any atom is -0.444 e. The fraction of sp³-hybridized carbons (Fsp3) is 0.444. The number of rotatable bonds is 3. The van der Waals surface area contributed by atoms with Crippen molar-refractivity contribution in [3.8, 4) is 11.4 Å². The molecule has 35 heavy (non-hydrogen) atoms. The van der Waals surface area contributed by atoms with E-state index in [9.17, 15) is 9.59 Å². The van der Waals surface area contributed by atoms with Crippen LogP contribution in [0, 0.1) is 0 Å². The summed E-state index contributed by atoms with van der Waals surface area (Å²) in [7, 11) is 2.04. The molecule has 3 aromatic rings. The van der Waals surface area contributed by atoms with Crippen LogP contribution in [0.4, 0.5) is 10.5 Å². The van der Waals surface area contributed by atoms with Crippen molar-refractivity contribution in [1.29, 1.82) is 0 Å². The Bertz CT molecular complexity index is 1250. The first kappa shape index (κ1) is 23.2. The predicted molar refractivity (Wildman–Crippen MR) is 136 cm³/mol. The lowest BCUT2D eigenvalue weighted by Crippen LogP contribution is -2.62. The van der Waals surface area contributed by atoms with Gasteiger partial charge in [0.05, 0.1) is 11.0 Å². The van der Waals surface area contributed by atoms with Gasteiger partial charge in [0.2, 0.25) is 5.91 Å². The molecule has 1 atom stereocenters. The van der Waals surface area contributed by atoms with Crippen LogP contribution in [0.25, 0.3) is 22.4 Å². The third-order valence-electron chi connectivity index (χ3n) is 6.78. The van der Waals surface area contributed by atoms with Crippen LogP contribution in [0.2, 0.25) is 0 Å². The van der Waals surface area contributed by atoms with E-state index in [2.05, 4.69) is 39.8 Å². The molecule has 2 saturated heterocycles. The van der Waals surface area contributed by atoms with Gasteiger partial charge < -0.3 is 19.1 Å². The van der Waals surface area contributed by atoms with E-state index in [-0.39, 0.29) is 5.91 Å². The lowest BCUT2D eigenvalue weighted by atomic mass is 10.0. The summed E-state index contributed by atoms with van der Waals surface area (Å²) in [4.78, 5) is 36.1. The molecule has 0 N–H and O–H groups in total. The smallest absolute Gasteiger partial charge is 0.410 e. The number of hydrogen-bond acceptors (Lipinski definition) is 5. The molecule has 0 spiro atoms. The molecule has 0 radical (unpaired) electrons. The Kier molecular flexibility index (Phi) is 5.91. The molecule has 3 heterocycles. The fourth-order valence-corrected chi connectivity index (χ4v) is 4.82. The number of aromatic nitrogens is 2. The van der Waals surface area contributed by atoms with Crippen LogP contribution in [-0.2, 0) is 16.6 Å². The Morgan fingerprint density at radius 1 is 0.971 bits per heavy atom. The van der Waals surface area contributed by atoms with Crippen LogP contribution >= 0.6 is 0 Å². The van der Waals surface area contributed by atoms with Gasteiger partial charge in [0.1, 0.15) is 17.5 Å². The fourth-order valence-electron chi connectivity index (χ4n) is 4.82. The zero-order valence-electron chi connectivity index (χ0n) is 20.9. The zero-order chi connectivity index (χ0) is 24.7. The second-order valence-electron chi connectivity index (χ2n) is 10.3. The number of benzene rings is 2. The molecule has 2 aromatic carbocycles. The number of para-hydroxylation sites is 2. The highest BCUT2D eigenvalue weighted by Gasteiger charge is 2.42. The van der Waals surface area contributed by atoms with Gasteiger partial charge in [-0.3, -0.25) is 9.69 Å². The maximum absolute atomic E-state index is 13.1. The van der Waals surface area contributed by atoms with Gasteiger partial charge in [-0.05, 0) is 51.5 Å². The highest BCUT2D eigenvalue weighted by molar-refractivity contribution is 5.87. The van der Waals surface area contributed by atoms with E-state index in [4.69, 9.17) is 9.72 Å². The summed E-state index contributed by atoms with van der Waals surface area (Å²) in [6.07, 6.45) is 0.290. The van der Waals surface area contributed by atoms with E-state index < -0.39 is 17.7 Å². The normalized spacial score (nSPS) is 18.5. The van der Waals surface area contributed by atoms with Gasteiger partial charge >= 0.3 is 6.09 Å². The summed E-state index contributed by atoms with van der Waals surface area (Å²) >= 11 is 0. The van der Waals surface area contributed by atoms with Gasteiger partial charge in [-0.15, -0.1) is 0 Å². The molecule has 8 heteroatoms. The summed E-state index contributed by atoms with van der Waals surface area (Å²) in [6, 6.07) is 16.2. The number of likely N-dealkylation sites (tertiary alicyclic amines) is 1. The highest BCUT2D eigenvalue weighted by Crippen LogP contribution is 2.28. The monoisotopic (exact) mass is 475 g/mol. The van der Waals surface area contributed by atoms with Crippen molar-refractivity contribution in [3.63, 3.8) is 0 Å². The number of carbonyl (C=O) groups excluding carboxylic acids is 2. The first-order chi connectivity index (χ1) is 16.7. The lowest BCUT2D eigenvalue weighted by molar-refractivity contribution is -0.141. The molecule has 0 saturated carbocycles. The van der Waals surface area contributed by atoms with Crippen LogP contribution in [0.1, 0.15) is 27.2 Å². The second-order valence-corrected chi connectivity index (χ2v) is 10.3. The molecule has 2 fully saturated rings. The molecular formula is C27H33N5O3. The Morgan fingerprint density at radius 3 is 2.37 bits per heavy atom. The second kappa shape index (κ2) is 8.91. The van der Waals surface area contributed by atoms with Gasteiger partial charge in [0.15, 0.2) is 0 Å². The van der Waals surface area contributed by atoms with Crippen molar-refractivity contribution in [1.82, 2.24) is 19.4 Å². The van der Waals surface area contributed by atoms with Gasteiger partial charge in [0, 0.05) is 51.0 Å². The Hall–Kier alpha value is -3.55. The third kappa shape index (κ3) is 4.57. The third-order valence-corrected chi connectivity index (χ3v) is 6.78. The van der Waals surface area contributed by atoms with Crippen molar-refractivity contribution < 1.29 is 14.3 Å². The number of fused-ring (bicyclic) bond motifs is 1. The standard InChI is InChI=1S/C27H33N5O3/c1-27(2,3)35-26(34)32-13-12-23(32)25(33)31-16-14-30(15-17-31)20-9-7-8-19(18-20)24-28-21-10-5-6-11-22(21)29(24)4/h5-11,18,23H,12-17H2,1-4H3/t23-/m0/s1. The number of carbonyl (C=O) groups is 2. The van der Waals surface area contributed by atoms with Crippen LogP contribution in [0.15, 0.2) is 48.5 Å². The molecule has 184 valence electrons. The number of nitrogens with zero attached hydrogens (tertiary/aromatic N) is 5. The average Bonchev–Trinajstić information content (AvgIpc) is 3.14. The van der Waals surface area contributed by atoms with E-state index in [0.717, 1.165) is 41.2 Å². The molecule has 0 unspecified atom stereocenters. The Balaban J connectivity index is 1.23. The van der Waals surface area contributed by atoms with Crippen LogP contribution < -0.4 is 4.90 Å². The summed E-state index contributed by atoms with van der Waals surface area (Å²) in [5.41, 5.74) is 3.72. The van der Waals surface area contributed by atoms with Crippen molar-refractivity contribution in [2.24, 2.45) is 7.05 Å². The number of anilines is 1. The molecule has 2 amide bonds. The van der Waals surface area contributed by atoms with Crippen molar-refractivity contribution in [2.75, 3.05) is 37.6 Å². The molecule has 2 aliphatic rings. The maximum Gasteiger partial charge on any atom is 0.410 e. The summed E-state index contributed by atoms with van der Waals surface area (Å²) in [6.45, 7) is 8.85. The van der Waals surface area contributed by atoms with Gasteiger partial charge in [-0.25, -0.2) is 9.78 Å². The Morgan fingerprint density at radius 2 is 1.71 bits per heavy atom. The SMILES string of the molecule is Cn1c(-c2cccc(N3CCN(C(=O)[C@@H]4CCN4C(=O)OC(C)(C)C)CC3)c2)nc2ccccc21. The topological polar surface area (TPSA) is 70.9 Å². The summed E-state index contributed by atoms with van der Waals surface area (Å²) in [5, 5.41) is 0. The van der Waals surface area contributed by atoms with E-state index in [1.54, 1.807) is 4.90 Å². The zero-order valence-corrected chi connectivity index (χ0v) is 20.9. The number of aryl methyl sites for hydroxylation is 1. The molecule has 0 bridgehead atoms. The van der Waals surface area contributed by atoms with E-state index in [0.29, 0.717) is 26.1 Å². The number of hydrogen-bond donors (Lipinski definition) is 0. The predicted octanol–water partition coefficient (Wildman–Crippen LogP) is 3.90. The first-order valence-electron chi connectivity index (χ1n) is 12.3. The largest absolute Gasteiger partial charge is 0.444 e. The van der Waals surface area contributed by atoms with Gasteiger partial charge in [0.25, 0.3) is 0 Å². The minimum atomic E-state index is -0.567. The average molecular weight is 476 g/mol. The summed E-state index contributed by atoms with van der Waals surface area (Å²) < 4.78 is 7.59. The summed E-state index contributed by atoms with van der Waals surface area (Å²) in [5.74, 6) is 0.962. The van der Waals surface area contributed by atoms with E-state index in [1.807, 2.05) is 50.9 Å². The van der Waals surface area contributed by atoms with Gasteiger partial charge in [-0.1, -0.05) is 24.3 Å². The molecule has 0 aliphatic carbocycles. The minimum absolute atomic E-state index is 0.0233. The first-order valence-corrected chi connectivity index (χ1v) is 12.3. The molecular weight excluding hydrogens is 442 g/mol. The number of amides is 2. The maximum atomic E-state index is 13.1. The van der Waals surface area contributed by atoms with Crippen molar-refractivity contribution in [2.45, 2.75) is 38.8 Å². The quantitative estimate of drug-likeness (QED) is 0.575. The molecule has 1 aromatic heterocycles. The van der Waals surface area contributed by atoms with Crippen LogP contribution in [0.3, 0.4) is 0 Å². The van der Waals surface area contributed by atoms with Crippen LogP contribution in [-0.4, -0.2) is 75.7 Å². The number of ether oxygens (including phenoxy) is 1. The number of piperazine rings is 1. The van der Waals surface area contributed by atoms with E-state index >= 15 is 0 Å². The van der Waals surface area contributed by atoms with Gasteiger partial charge in [-0.2, -0.15) is 0 Å². The number of imidazole rings is 1. The van der Waals surface area contributed by atoms with Crippen molar-refractivity contribution in [3.05, 3.63) is 48.5 Å². The molecule has 8 nitrogen and oxygen atoms in total.